The Morgan fingerprint density at radius 1 is 1.28 bits per heavy atom. The Morgan fingerprint density at radius 3 is 2.39 bits per heavy atom. The van der Waals surface area contributed by atoms with Crippen LogP contribution in [-0.4, -0.2) is 46.7 Å². The van der Waals surface area contributed by atoms with Gasteiger partial charge in [-0.05, 0) is 46.0 Å². The molecule has 2 rings (SSSR count). The third kappa shape index (κ3) is 3.69. The summed E-state index contributed by atoms with van der Waals surface area (Å²) in [4.78, 5) is 13.7. The van der Waals surface area contributed by atoms with Gasteiger partial charge in [0.15, 0.2) is 0 Å². The second-order valence-corrected chi connectivity index (χ2v) is 5.99. The topological polar surface area (TPSA) is 52.6 Å². The molecule has 3 unspecified atom stereocenters. The van der Waals surface area contributed by atoms with Crippen LogP contribution in [0.15, 0.2) is 0 Å². The van der Waals surface area contributed by atoms with Crippen LogP contribution in [0, 0.1) is 0 Å². The predicted octanol–water partition coefficient (Wildman–Crippen LogP) is 1.84. The summed E-state index contributed by atoms with van der Waals surface area (Å²) in [5, 5.41) is 12.5. The molecule has 4 nitrogen and oxygen atoms in total. The molecular formula is C14H26N2O2. The van der Waals surface area contributed by atoms with E-state index >= 15 is 0 Å². The fourth-order valence-corrected chi connectivity index (χ4v) is 3.01. The predicted molar refractivity (Wildman–Crippen MR) is 71.7 cm³/mol. The first kappa shape index (κ1) is 13.8. The molecule has 2 aliphatic rings. The summed E-state index contributed by atoms with van der Waals surface area (Å²) in [6, 6.07) is 1.30. The first-order valence-electron chi connectivity index (χ1n) is 7.32. The standard InChI is InChI=1S/C14H26N2O2/c1-10-4-3-5-11(2)16(10)9-8-13(14(17)18)15-12-6-7-12/h10-13,15H,3-9H2,1-2H3,(H,17,18). The highest BCUT2D eigenvalue weighted by Gasteiger charge is 2.30. The molecule has 0 spiro atoms. The molecule has 0 aromatic carbocycles. The van der Waals surface area contributed by atoms with Gasteiger partial charge in [-0.2, -0.15) is 0 Å². The smallest absolute Gasteiger partial charge is 0.320 e. The lowest BCUT2D eigenvalue weighted by atomic mass is 9.97. The normalized spacial score (nSPS) is 31.2. The summed E-state index contributed by atoms with van der Waals surface area (Å²) in [6.07, 6.45) is 6.80. The molecule has 2 fully saturated rings. The average molecular weight is 254 g/mol. The number of carbonyl (C=O) groups is 1. The van der Waals surface area contributed by atoms with Crippen molar-refractivity contribution in [3.63, 3.8) is 0 Å². The van der Waals surface area contributed by atoms with Crippen LogP contribution in [0.25, 0.3) is 0 Å². The lowest BCUT2D eigenvalue weighted by molar-refractivity contribution is -0.139. The molecule has 3 atom stereocenters. The quantitative estimate of drug-likeness (QED) is 0.759. The fraction of sp³-hybridized carbons (Fsp3) is 0.929. The largest absolute Gasteiger partial charge is 0.480 e. The number of likely N-dealkylation sites (tertiary alicyclic amines) is 1. The maximum absolute atomic E-state index is 11.2. The van der Waals surface area contributed by atoms with Crippen molar-refractivity contribution in [3.8, 4) is 0 Å². The molecule has 0 aromatic heterocycles. The van der Waals surface area contributed by atoms with Crippen LogP contribution >= 0.6 is 0 Å². The minimum absolute atomic E-state index is 0.362. The third-order valence-electron chi connectivity index (χ3n) is 4.36. The zero-order valence-corrected chi connectivity index (χ0v) is 11.6. The summed E-state index contributed by atoms with van der Waals surface area (Å²) in [5.41, 5.74) is 0. The summed E-state index contributed by atoms with van der Waals surface area (Å²) >= 11 is 0. The summed E-state index contributed by atoms with van der Waals surface area (Å²) in [6.45, 7) is 5.43. The zero-order chi connectivity index (χ0) is 13.1. The highest BCUT2D eigenvalue weighted by atomic mass is 16.4. The maximum Gasteiger partial charge on any atom is 0.320 e. The van der Waals surface area contributed by atoms with Gasteiger partial charge in [-0.25, -0.2) is 0 Å². The van der Waals surface area contributed by atoms with Gasteiger partial charge < -0.3 is 10.4 Å². The molecular weight excluding hydrogens is 228 g/mol. The van der Waals surface area contributed by atoms with Crippen LogP contribution < -0.4 is 5.32 Å². The minimum Gasteiger partial charge on any atom is -0.480 e. The van der Waals surface area contributed by atoms with E-state index in [0.717, 1.165) is 25.8 Å². The number of rotatable bonds is 6. The van der Waals surface area contributed by atoms with E-state index in [2.05, 4.69) is 24.1 Å². The number of carboxylic acids is 1. The van der Waals surface area contributed by atoms with Crippen LogP contribution in [0.4, 0.5) is 0 Å². The second-order valence-electron chi connectivity index (χ2n) is 5.99. The Morgan fingerprint density at radius 2 is 1.89 bits per heavy atom. The van der Waals surface area contributed by atoms with Crippen molar-refractivity contribution in [2.45, 2.75) is 76.5 Å². The Hall–Kier alpha value is -0.610. The van der Waals surface area contributed by atoms with Gasteiger partial charge in [-0.3, -0.25) is 9.69 Å². The number of nitrogens with zero attached hydrogens (tertiary/aromatic N) is 1. The van der Waals surface area contributed by atoms with Gasteiger partial charge in [0.25, 0.3) is 0 Å². The molecule has 1 heterocycles. The molecule has 2 N–H and O–H groups in total. The first-order valence-corrected chi connectivity index (χ1v) is 7.32. The van der Waals surface area contributed by atoms with Crippen molar-refractivity contribution in [1.29, 1.82) is 0 Å². The van der Waals surface area contributed by atoms with Crippen molar-refractivity contribution in [1.82, 2.24) is 10.2 Å². The number of nitrogens with one attached hydrogen (secondary N) is 1. The van der Waals surface area contributed by atoms with Gasteiger partial charge in [0.2, 0.25) is 0 Å². The SMILES string of the molecule is CC1CCCC(C)N1CCC(NC1CC1)C(=O)O. The molecule has 4 heteroatoms. The number of hydrogen-bond acceptors (Lipinski definition) is 3. The molecule has 1 saturated carbocycles. The van der Waals surface area contributed by atoms with Crippen molar-refractivity contribution in [2.24, 2.45) is 0 Å². The lowest BCUT2D eigenvalue weighted by Crippen LogP contribution is -2.47. The van der Waals surface area contributed by atoms with Gasteiger partial charge in [0.1, 0.15) is 6.04 Å². The Bertz CT molecular complexity index is 282. The highest BCUT2D eigenvalue weighted by molar-refractivity contribution is 5.73. The Kier molecular flexibility index (Phi) is 4.62. The first-order chi connectivity index (χ1) is 8.58. The van der Waals surface area contributed by atoms with E-state index in [9.17, 15) is 9.90 Å². The molecule has 0 aromatic rings. The van der Waals surface area contributed by atoms with E-state index in [4.69, 9.17) is 0 Å². The summed E-state index contributed by atoms with van der Waals surface area (Å²) in [5.74, 6) is -0.695. The fourth-order valence-electron chi connectivity index (χ4n) is 3.01. The molecule has 0 radical (unpaired) electrons. The monoisotopic (exact) mass is 254 g/mol. The van der Waals surface area contributed by atoms with Crippen LogP contribution in [0.3, 0.4) is 0 Å². The van der Waals surface area contributed by atoms with Crippen LogP contribution in [0.2, 0.25) is 0 Å². The number of aliphatic carboxylic acids is 1. The highest BCUT2D eigenvalue weighted by Crippen LogP contribution is 2.24. The van der Waals surface area contributed by atoms with E-state index in [1.807, 2.05) is 0 Å². The van der Waals surface area contributed by atoms with Crippen LogP contribution in [-0.2, 0) is 4.79 Å². The average Bonchev–Trinajstić information content (AvgIpc) is 3.10. The Balaban J connectivity index is 1.81. The summed E-state index contributed by atoms with van der Waals surface area (Å²) in [7, 11) is 0. The molecule has 1 aliphatic heterocycles. The number of carboxylic acid groups (broad SMARTS) is 1. The van der Waals surface area contributed by atoms with E-state index in [-0.39, 0.29) is 6.04 Å². The van der Waals surface area contributed by atoms with Crippen LogP contribution in [0.5, 0.6) is 0 Å². The molecule has 1 aliphatic carbocycles. The zero-order valence-electron chi connectivity index (χ0n) is 11.6. The van der Waals surface area contributed by atoms with Gasteiger partial charge in [-0.15, -0.1) is 0 Å². The van der Waals surface area contributed by atoms with Crippen molar-refractivity contribution in [3.05, 3.63) is 0 Å². The molecule has 0 bridgehead atoms. The lowest BCUT2D eigenvalue weighted by Gasteiger charge is -2.39. The van der Waals surface area contributed by atoms with Gasteiger partial charge >= 0.3 is 5.97 Å². The van der Waals surface area contributed by atoms with Crippen molar-refractivity contribution >= 4 is 5.97 Å². The molecule has 18 heavy (non-hydrogen) atoms. The van der Waals surface area contributed by atoms with Crippen LogP contribution in [0.1, 0.15) is 52.4 Å². The maximum atomic E-state index is 11.2. The van der Waals surface area contributed by atoms with Crippen molar-refractivity contribution < 1.29 is 9.90 Å². The number of piperidine rings is 1. The summed E-state index contributed by atoms with van der Waals surface area (Å²) < 4.78 is 0. The van der Waals surface area contributed by atoms with Crippen molar-refractivity contribution in [2.75, 3.05) is 6.54 Å². The molecule has 104 valence electrons. The Labute approximate surface area is 110 Å². The van der Waals surface area contributed by atoms with Gasteiger partial charge in [0, 0.05) is 24.7 Å². The van der Waals surface area contributed by atoms with E-state index < -0.39 is 5.97 Å². The number of hydrogen-bond donors (Lipinski definition) is 2. The molecule has 1 saturated heterocycles. The third-order valence-corrected chi connectivity index (χ3v) is 4.36. The van der Waals surface area contributed by atoms with Gasteiger partial charge in [-0.1, -0.05) is 6.42 Å². The van der Waals surface area contributed by atoms with E-state index in [0.29, 0.717) is 18.1 Å². The van der Waals surface area contributed by atoms with E-state index in [1.165, 1.54) is 19.3 Å². The second kappa shape index (κ2) is 6.02. The molecule has 0 amide bonds. The van der Waals surface area contributed by atoms with E-state index in [1.54, 1.807) is 0 Å². The van der Waals surface area contributed by atoms with Gasteiger partial charge in [0.05, 0.1) is 0 Å². The minimum atomic E-state index is -0.695.